The summed E-state index contributed by atoms with van der Waals surface area (Å²) in [6.45, 7) is 0. The van der Waals surface area contributed by atoms with Crippen LogP contribution in [0.5, 0.6) is 0 Å². The van der Waals surface area contributed by atoms with Crippen molar-refractivity contribution in [3.63, 3.8) is 0 Å². The summed E-state index contributed by atoms with van der Waals surface area (Å²) in [5.41, 5.74) is -8.41. The van der Waals surface area contributed by atoms with Crippen LogP contribution < -0.4 is 0 Å². The lowest BCUT2D eigenvalue weighted by atomic mass is 11.2. The second-order valence-corrected chi connectivity index (χ2v) is 4.40. The Labute approximate surface area is 84.6 Å². The van der Waals surface area contributed by atoms with E-state index in [9.17, 15) is 26.2 Å². The van der Waals surface area contributed by atoms with Gasteiger partial charge in [0.15, 0.2) is 0 Å². The van der Waals surface area contributed by atoms with Crippen LogP contribution in [-0.2, 0) is 28.3 Å². The fraction of sp³-hybridized carbons (Fsp3) is 1.00. The first-order valence-corrected chi connectivity index (χ1v) is 5.47. The molecular formula is C4H7F3O6PS+. The van der Waals surface area contributed by atoms with Crippen molar-refractivity contribution < 1.29 is 39.8 Å². The lowest BCUT2D eigenvalue weighted by Crippen LogP contribution is -2.38. The average Bonchev–Trinajstić information content (AvgIpc) is 2.12. The molecule has 1 atom stereocenters. The fourth-order valence-corrected chi connectivity index (χ4v) is 1.59. The maximum atomic E-state index is 11.8. The topological polar surface area (TPSA) is 78.9 Å². The van der Waals surface area contributed by atoms with Crippen LogP contribution >= 0.6 is 8.46 Å². The predicted molar refractivity (Wildman–Crippen MR) is 41.8 cm³/mol. The van der Waals surface area contributed by atoms with Gasteiger partial charge in [-0.25, -0.2) is 0 Å². The molecule has 0 aromatic carbocycles. The molecule has 0 aromatic rings. The third-order valence-corrected chi connectivity index (χ3v) is 3.08. The highest BCUT2D eigenvalue weighted by molar-refractivity contribution is 7.87. The molecule has 0 heterocycles. The number of halogens is 3. The Morgan fingerprint density at radius 1 is 1.13 bits per heavy atom. The van der Waals surface area contributed by atoms with E-state index in [-0.39, 0.29) is 0 Å². The molecule has 15 heavy (non-hydrogen) atoms. The Balaban J connectivity index is 5.09. The Morgan fingerprint density at radius 2 is 1.53 bits per heavy atom. The Morgan fingerprint density at radius 3 is 1.73 bits per heavy atom. The van der Waals surface area contributed by atoms with E-state index in [0.29, 0.717) is 0 Å². The van der Waals surface area contributed by atoms with Crippen molar-refractivity contribution in [3.05, 3.63) is 0 Å². The summed E-state index contributed by atoms with van der Waals surface area (Å²) in [6, 6.07) is 0. The highest BCUT2D eigenvalue weighted by Gasteiger charge is 2.57. The molecule has 0 aliphatic heterocycles. The Kier molecular flexibility index (Phi) is 4.62. The second kappa shape index (κ2) is 4.71. The molecule has 0 radical (unpaired) electrons. The average molecular weight is 271 g/mol. The quantitative estimate of drug-likeness (QED) is 0.318. The van der Waals surface area contributed by atoms with Crippen LogP contribution in [0.25, 0.3) is 0 Å². The summed E-state index contributed by atoms with van der Waals surface area (Å²) < 4.78 is 78.8. The highest BCUT2D eigenvalue weighted by atomic mass is 32.2. The predicted octanol–water partition coefficient (Wildman–Crippen LogP) is 0.781. The summed E-state index contributed by atoms with van der Waals surface area (Å²) in [6.07, 6.45) is 0. The van der Waals surface area contributed by atoms with Gasteiger partial charge >= 0.3 is 29.8 Å². The van der Waals surface area contributed by atoms with Gasteiger partial charge in [-0.2, -0.15) is 25.8 Å². The highest BCUT2D eigenvalue weighted by Crippen LogP contribution is 2.34. The summed E-state index contributed by atoms with van der Waals surface area (Å²) in [5.74, 6) is 0. The molecule has 0 aliphatic rings. The molecule has 0 aliphatic carbocycles. The molecule has 0 bridgehead atoms. The number of methoxy groups -OCH3 is 2. The van der Waals surface area contributed by atoms with E-state index >= 15 is 0 Å². The molecule has 0 amide bonds. The third kappa shape index (κ3) is 3.35. The zero-order chi connectivity index (χ0) is 12.3. The second-order valence-electron chi connectivity index (χ2n) is 2.05. The van der Waals surface area contributed by atoms with E-state index in [0.717, 1.165) is 14.2 Å². The molecule has 11 heteroatoms. The molecule has 0 N–H and O–H groups in total. The van der Waals surface area contributed by atoms with Gasteiger partial charge in [-0.3, -0.25) is 9.47 Å². The smallest absolute Gasteiger partial charge is 0.288 e. The minimum Gasteiger partial charge on any atom is -0.288 e. The van der Waals surface area contributed by atoms with E-state index in [1.807, 2.05) is 0 Å². The molecule has 0 aromatic heterocycles. The lowest BCUT2D eigenvalue weighted by molar-refractivity contribution is -0.258. The van der Waals surface area contributed by atoms with Gasteiger partial charge in [0.25, 0.3) is 0 Å². The van der Waals surface area contributed by atoms with Gasteiger partial charge < -0.3 is 0 Å². The van der Waals surface area contributed by atoms with E-state index in [1.165, 1.54) is 0 Å². The maximum Gasteiger partial charge on any atom is 0.523 e. The zero-order valence-electron chi connectivity index (χ0n) is 7.49. The maximum absolute atomic E-state index is 11.8. The van der Waals surface area contributed by atoms with Crippen LogP contribution in [0.2, 0.25) is 0 Å². The summed E-state index contributed by atoms with van der Waals surface area (Å²) in [5, 5.41) is 0. The van der Waals surface area contributed by atoms with Gasteiger partial charge in [0.1, 0.15) is 0 Å². The van der Waals surface area contributed by atoms with Crippen molar-refractivity contribution in [2.45, 2.75) is 11.2 Å². The summed E-state index contributed by atoms with van der Waals surface area (Å²) >= 11 is 0. The van der Waals surface area contributed by atoms with Crippen molar-refractivity contribution in [2.24, 2.45) is 0 Å². The van der Waals surface area contributed by atoms with Gasteiger partial charge in [-0.1, -0.05) is 4.57 Å². The van der Waals surface area contributed by atoms with Crippen LogP contribution in [0.3, 0.4) is 0 Å². The minimum atomic E-state index is -5.93. The monoisotopic (exact) mass is 271 g/mol. The molecule has 0 saturated heterocycles. The molecule has 0 saturated carbocycles. The molecule has 0 fully saturated rings. The number of rotatable bonds is 5. The Bertz CT molecular complexity index is 320. The fourth-order valence-electron chi connectivity index (χ4n) is 0.443. The van der Waals surface area contributed by atoms with E-state index in [4.69, 9.17) is 0 Å². The van der Waals surface area contributed by atoms with E-state index in [1.54, 1.807) is 0 Å². The van der Waals surface area contributed by atoms with Crippen LogP contribution in [0.1, 0.15) is 0 Å². The Hall–Kier alpha value is -0.280. The first-order chi connectivity index (χ1) is 6.64. The molecule has 6 nitrogen and oxygen atoms in total. The molecule has 1 unspecified atom stereocenters. The van der Waals surface area contributed by atoms with Crippen LogP contribution in [0.15, 0.2) is 0 Å². The van der Waals surface area contributed by atoms with E-state index < -0.39 is 29.8 Å². The van der Waals surface area contributed by atoms with E-state index in [2.05, 4.69) is 13.7 Å². The van der Waals surface area contributed by atoms with Crippen LogP contribution in [0.4, 0.5) is 13.2 Å². The first kappa shape index (κ1) is 14.7. The number of ether oxygens (including phenoxy) is 2. The van der Waals surface area contributed by atoms with Crippen LogP contribution in [0, 0.1) is 0 Å². The van der Waals surface area contributed by atoms with Gasteiger partial charge in [-0.15, -0.1) is 0 Å². The van der Waals surface area contributed by atoms with Crippen molar-refractivity contribution in [1.29, 1.82) is 0 Å². The first-order valence-electron chi connectivity index (χ1n) is 3.15. The minimum absolute atomic E-state index is 0.778. The lowest BCUT2D eigenvalue weighted by Gasteiger charge is -2.17. The SMILES string of the molecule is COC(OC)(OS(=O)(=O)C(F)(F)F)[PH+]=O. The van der Waals surface area contributed by atoms with Crippen molar-refractivity contribution in [1.82, 2.24) is 0 Å². The zero-order valence-corrected chi connectivity index (χ0v) is 9.31. The van der Waals surface area contributed by atoms with Gasteiger partial charge in [0.2, 0.25) is 0 Å². The summed E-state index contributed by atoms with van der Waals surface area (Å²) in [4.78, 5) is 0. The standard InChI is InChI=1S/C4H6F3O6PS/c1-11-4(12-2,14-8)13-15(9,10)3(5,6)7/h1-2H3/p+1. The normalized spacial score (nSPS) is 14.5. The molecule has 0 spiro atoms. The van der Waals surface area contributed by atoms with Gasteiger partial charge in [0, 0.05) is 14.2 Å². The van der Waals surface area contributed by atoms with Gasteiger partial charge in [-0.05, 0) is 0 Å². The molecular weight excluding hydrogens is 264 g/mol. The number of hydrogen-bond donors (Lipinski definition) is 0. The molecule has 0 rings (SSSR count). The van der Waals surface area contributed by atoms with Crippen molar-refractivity contribution >= 4 is 18.6 Å². The summed E-state index contributed by atoms with van der Waals surface area (Å²) in [7, 11) is -6.10. The van der Waals surface area contributed by atoms with Gasteiger partial charge in [0.05, 0.1) is 0 Å². The van der Waals surface area contributed by atoms with Crippen molar-refractivity contribution in [2.75, 3.05) is 14.2 Å². The van der Waals surface area contributed by atoms with Crippen LogP contribution in [-0.4, -0.2) is 33.9 Å². The number of hydrogen-bond acceptors (Lipinski definition) is 6. The van der Waals surface area contributed by atoms with Crippen molar-refractivity contribution in [3.8, 4) is 0 Å². The number of alkyl halides is 3. The third-order valence-electron chi connectivity index (χ3n) is 1.17. The largest absolute Gasteiger partial charge is 0.523 e. The molecule has 90 valence electrons.